The van der Waals surface area contributed by atoms with Crippen LogP contribution in [0.4, 0.5) is 23.4 Å². The molecular weight excluding hydrogens is 382 g/mol. The molecule has 0 saturated heterocycles. The van der Waals surface area contributed by atoms with E-state index in [2.05, 4.69) is 25.1 Å². The number of aromatic nitrogens is 4. The third-order valence-electron chi connectivity index (χ3n) is 3.89. The van der Waals surface area contributed by atoms with Crippen LogP contribution >= 0.6 is 0 Å². The Morgan fingerprint density at radius 2 is 1.93 bits per heavy atom. The minimum absolute atomic E-state index is 0.177. The third-order valence-corrected chi connectivity index (χ3v) is 3.89. The van der Waals surface area contributed by atoms with E-state index in [1.807, 2.05) is 0 Å². The van der Waals surface area contributed by atoms with Gasteiger partial charge in [0.05, 0.1) is 11.6 Å². The van der Waals surface area contributed by atoms with Crippen molar-refractivity contribution >= 4 is 11.6 Å². The fourth-order valence-electron chi connectivity index (χ4n) is 2.75. The molecular formula is C17H17F4N5O2. The van der Waals surface area contributed by atoms with Gasteiger partial charge in [-0.1, -0.05) is 6.07 Å². The van der Waals surface area contributed by atoms with Crippen molar-refractivity contribution in [3.05, 3.63) is 47.7 Å². The fraction of sp³-hybridized carbons (Fsp3) is 0.353. The van der Waals surface area contributed by atoms with Crippen LogP contribution < -0.4 is 10.1 Å². The zero-order valence-corrected chi connectivity index (χ0v) is 15.1. The number of hydrogen-bond acceptors (Lipinski definition) is 6. The molecule has 3 aromatic rings. The van der Waals surface area contributed by atoms with Crippen molar-refractivity contribution < 1.29 is 27.4 Å². The molecule has 2 heterocycles. The van der Waals surface area contributed by atoms with Crippen molar-refractivity contribution in [2.24, 2.45) is 0 Å². The van der Waals surface area contributed by atoms with Gasteiger partial charge in [-0.05, 0) is 38.5 Å². The molecule has 0 aliphatic rings. The van der Waals surface area contributed by atoms with Gasteiger partial charge in [0.15, 0.2) is 11.6 Å². The highest BCUT2D eigenvalue weighted by Gasteiger charge is 2.34. The molecule has 0 amide bonds. The topological polar surface area (TPSA) is 84.6 Å². The first-order valence-corrected chi connectivity index (χ1v) is 8.15. The van der Waals surface area contributed by atoms with Crippen molar-refractivity contribution in [1.29, 1.82) is 0 Å². The highest BCUT2D eigenvalue weighted by atomic mass is 19.4. The van der Waals surface area contributed by atoms with Gasteiger partial charge < -0.3 is 15.2 Å². The molecule has 150 valence electrons. The molecule has 0 spiro atoms. The van der Waals surface area contributed by atoms with Crippen LogP contribution in [0.3, 0.4) is 0 Å². The van der Waals surface area contributed by atoms with E-state index in [0.29, 0.717) is 17.3 Å². The first-order chi connectivity index (χ1) is 12.9. The molecule has 2 N–H and O–H groups in total. The molecule has 11 heteroatoms. The SMILES string of the molecule is Cc1cc(NC(c2ccc(F)c(OC(F)(F)F)c2)C(C)(C)O)n2ncnc2n1. The number of aliphatic hydroxyl groups is 1. The second-order valence-corrected chi connectivity index (χ2v) is 6.72. The van der Waals surface area contributed by atoms with E-state index in [-0.39, 0.29) is 5.56 Å². The molecule has 1 unspecified atom stereocenters. The number of alkyl halides is 3. The summed E-state index contributed by atoms with van der Waals surface area (Å²) in [7, 11) is 0. The maximum atomic E-state index is 13.8. The lowest BCUT2D eigenvalue weighted by Gasteiger charge is -2.31. The van der Waals surface area contributed by atoms with Crippen LogP contribution in [0.25, 0.3) is 5.78 Å². The minimum atomic E-state index is -5.05. The van der Waals surface area contributed by atoms with Gasteiger partial charge in [-0.15, -0.1) is 13.2 Å². The molecule has 1 atom stereocenters. The van der Waals surface area contributed by atoms with Gasteiger partial charge in [-0.3, -0.25) is 0 Å². The van der Waals surface area contributed by atoms with Gasteiger partial charge in [-0.2, -0.15) is 14.6 Å². The number of hydrogen-bond donors (Lipinski definition) is 2. The summed E-state index contributed by atoms with van der Waals surface area (Å²) in [5.41, 5.74) is -0.661. The largest absolute Gasteiger partial charge is 0.573 e. The zero-order chi connectivity index (χ0) is 20.7. The van der Waals surface area contributed by atoms with Crippen LogP contribution in [0, 0.1) is 12.7 Å². The Morgan fingerprint density at radius 1 is 1.21 bits per heavy atom. The van der Waals surface area contributed by atoms with Crippen LogP contribution in [0.5, 0.6) is 5.75 Å². The Bertz CT molecular complexity index is 997. The second kappa shape index (κ2) is 6.89. The second-order valence-electron chi connectivity index (χ2n) is 6.72. The van der Waals surface area contributed by atoms with Gasteiger partial charge >= 0.3 is 6.36 Å². The lowest BCUT2D eigenvalue weighted by molar-refractivity contribution is -0.275. The predicted molar refractivity (Wildman–Crippen MR) is 91.3 cm³/mol. The van der Waals surface area contributed by atoms with E-state index in [1.165, 1.54) is 30.8 Å². The summed E-state index contributed by atoms with van der Waals surface area (Å²) in [4.78, 5) is 8.19. The summed E-state index contributed by atoms with van der Waals surface area (Å²) < 4.78 is 56.5. The molecule has 0 fully saturated rings. The van der Waals surface area contributed by atoms with Gasteiger partial charge in [-0.25, -0.2) is 9.37 Å². The highest BCUT2D eigenvalue weighted by molar-refractivity contribution is 5.48. The Kier molecular flexibility index (Phi) is 4.88. The van der Waals surface area contributed by atoms with Gasteiger partial charge in [0.1, 0.15) is 12.1 Å². The molecule has 0 saturated carbocycles. The number of anilines is 1. The molecule has 0 radical (unpaired) electrons. The molecule has 3 rings (SSSR count). The minimum Gasteiger partial charge on any atom is -0.403 e. The molecule has 0 aliphatic heterocycles. The Morgan fingerprint density at radius 3 is 2.57 bits per heavy atom. The number of ether oxygens (including phenoxy) is 1. The first kappa shape index (κ1) is 19.8. The average Bonchev–Trinajstić information content (AvgIpc) is 3.00. The summed E-state index contributed by atoms with van der Waals surface area (Å²) in [6.45, 7) is 4.65. The molecule has 2 aromatic heterocycles. The number of benzene rings is 1. The number of nitrogens with zero attached hydrogens (tertiary/aromatic N) is 4. The summed E-state index contributed by atoms with van der Waals surface area (Å²) in [5.74, 6) is -1.46. The van der Waals surface area contributed by atoms with Crippen molar-refractivity contribution in [1.82, 2.24) is 19.6 Å². The van der Waals surface area contributed by atoms with Crippen LogP contribution in [0.2, 0.25) is 0 Å². The van der Waals surface area contributed by atoms with E-state index in [0.717, 1.165) is 12.1 Å². The predicted octanol–water partition coefficient (Wildman–Crippen LogP) is 3.39. The summed E-state index contributed by atoms with van der Waals surface area (Å²) in [6.07, 6.45) is -3.76. The van der Waals surface area contributed by atoms with Crippen molar-refractivity contribution in [3.8, 4) is 5.75 Å². The van der Waals surface area contributed by atoms with Gasteiger partial charge in [0.2, 0.25) is 0 Å². The van der Waals surface area contributed by atoms with Gasteiger partial charge in [0, 0.05) is 11.8 Å². The average molecular weight is 399 g/mol. The van der Waals surface area contributed by atoms with Crippen molar-refractivity contribution in [2.45, 2.75) is 38.8 Å². The molecule has 7 nitrogen and oxygen atoms in total. The maximum absolute atomic E-state index is 13.8. The standard InChI is InChI=1S/C17H17F4N5O2/c1-9-6-13(26-15(24-9)22-8-23-26)25-14(16(2,3)27)10-4-5-11(18)12(7-10)28-17(19,20)21/h4-8,14,25,27H,1-3H3. The number of nitrogens with one attached hydrogen (secondary N) is 1. The summed E-state index contributed by atoms with van der Waals surface area (Å²) >= 11 is 0. The number of rotatable bonds is 5. The number of halogens is 4. The van der Waals surface area contributed by atoms with E-state index in [9.17, 15) is 22.7 Å². The van der Waals surface area contributed by atoms with Crippen LogP contribution in [-0.4, -0.2) is 36.7 Å². The van der Waals surface area contributed by atoms with Gasteiger partial charge in [0.25, 0.3) is 5.78 Å². The quantitative estimate of drug-likeness (QED) is 0.640. The first-order valence-electron chi connectivity index (χ1n) is 8.15. The summed E-state index contributed by atoms with van der Waals surface area (Å²) in [6, 6.07) is 3.71. The van der Waals surface area contributed by atoms with Crippen LogP contribution in [-0.2, 0) is 0 Å². The Hall–Kier alpha value is -2.95. The Labute approximate surface area is 157 Å². The van der Waals surface area contributed by atoms with E-state index in [1.54, 1.807) is 13.0 Å². The lowest BCUT2D eigenvalue weighted by Crippen LogP contribution is -2.35. The molecule has 1 aromatic carbocycles. The Balaban J connectivity index is 2.04. The van der Waals surface area contributed by atoms with E-state index >= 15 is 0 Å². The lowest BCUT2D eigenvalue weighted by atomic mass is 9.91. The number of fused-ring (bicyclic) bond motifs is 1. The van der Waals surface area contributed by atoms with Crippen LogP contribution in [0.15, 0.2) is 30.6 Å². The van der Waals surface area contributed by atoms with Crippen molar-refractivity contribution in [2.75, 3.05) is 5.32 Å². The monoisotopic (exact) mass is 399 g/mol. The van der Waals surface area contributed by atoms with E-state index in [4.69, 9.17) is 0 Å². The van der Waals surface area contributed by atoms with Crippen molar-refractivity contribution in [3.63, 3.8) is 0 Å². The van der Waals surface area contributed by atoms with E-state index < -0.39 is 29.6 Å². The molecule has 0 aliphatic carbocycles. The normalized spacial score (nSPS) is 13.6. The maximum Gasteiger partial charge on any atom is 0.573 e. The third kappa shape index (κ3) is 4.30. The molecule has 0 bridgehead atoms. The number of aryl methyl sites for hydroxylation is 1. The zero-order valence-electron chi connectivity index (χ0n) is 15.1. The van der Waals surface area contributed by atoms with Crippen LogP contribution in [0.1, 0.15) is 31.1 Å². The highest BCUT2D eigenvalue weighted by Crippen LogP contribution is 2.34. The summed E-state index contributed by atoms with van der Waals surface area (Å²) in [5, 5.41) is 17.7. The fourth-order valence-corrected chi connectivity index (χ4v) is 2.75. The molecule has 28 heavy (non-hydrogen) atoms. The smallest absolute Gasteiger partial charge is 0.403 e.